The van der Waals surface area contributed by atoms with Gasteiger partial charge in [0, 0.05) is 36.3 Å². The maximum Gasteiger partial charge on any atom is 0.271 e. The lowest BCUT2D eigenvalue weighted by Gasteiger charge is -2.11. The molecule has 0 aliphatic carbocycles. The van der Waals surface area contributed by atoms with Gasteiger partial charge in [0.25, 0.3) is 5.91 Å². The number of nitrogens with one attached hydrogen (secondary N) is 3. The van der Waals surface area contributed by atoms with Gasteiger partial charge in [-0.3, -0.25) is 14.4 Å². The highest BCUT2D eigenvalue weighted by atomic mass is 32.1. The minimum absolute atomic E-state index is 0.109. The van der Waals surface area contributed by atoms with Gasteiger partial charge in [-0.2, -0.15) is 0 Å². The normalized spacial score (nSPS) is 10.9. The van der Waals surface area contributed by atoms with Crippen molar-refractivity contribution in [2.24, 2.45) is 5.92 Å². The molecule has 2 heterocycles. The summed E-state index contributed by atoms with van der Waals surface area (Å²) in [7, 11) is 0. The third-order valence-corrected chi connectivity index (χ3v) is 6.99. The SMILES string of the molecule is CC(=O)Nc1ccccc1NC(=O)CCCCCNC(=O)c1nc(-c2nccs2)sc1CC(C)C. The molecule has 35 heavy (non-hydrogen) atoms. The van der Waals surface area contributed by atoms with Crippen LogP contribution in [-0.4, -0.2) is 34.2 Å². The van der Waals surface area contributed by atoms with E-state index in [9.17, 15) is 14.4 Å². The largest absolute Gasteiger partial charge is 0.351 e. The summed E-state index contributed by atoms with van der Waals surface area (Å²) in [5, 5.41) is 12.0. The molecular formula is C25H31N5O3S2. The number of carbonyl (C=O) groups excluding carboxylic acids is 3. The molecule has 0 fully saturated rings. The molecule has 0 unspecified atom stereocenters. The summed E-state index contributed by atoms with van der Waals surface area (Å²) >= 11 is 3.05. The average molecular weight is 514 g/mol. The van der Waals surface area contributed by atoms with Gasteiger partial charge >= 0.3 is 0 Å². The second-order valence-corrected chi connectivity index (χ2v) is 10.5. The Morgan fingerprint density at radius 3 is 2.40 bits per heavy atom. The number of amides is 3. The van der Waals surface area contributed by atoms with Gasteiger partial charge in [-0.1, -0.05) is 32.4 Å². The summed E-state index contributed by atoms with van der Waals surface area (Å²) in [5.41, 5.74) is 1.65. The third-order valence-electron chi connectivity index (χ3n) is 5.00. The van der Waals surface area contributed by atoms with Crippen LogP contribution in [0.4, 0.5) is 11.4 Å². The van der Waals surface area contributed by atoms with E-state index in [0.717, 1.165) is 34.2 Å². The molecule has 10 heteroatoms. The molecule has 3 rings (SSSR count). The van der Waals surface area contributed by atoms with E-state index in [1.807, 2.05) is 5.38 Å². The molecule has 2 aromatic heterocycles. The first-order valence-electron chi connectivity index (χ1n) is 11.7. The van der Waals surface area contributed by atoms with Gasteiger partial charge in [-0.15, -0.1) is 22.7 Å². The lowest BCUT2D eigenvalue weighted by Crippen LogP contribution is -2.26. The zero-order valence-corrected chi connectivity index (χ0v) is 21.9. The summed E-state index contributed by atoms with van der Waals surface area (Å²) < 4.78 is 0. The minimum Gasteiger partial charge on any atom is -0.351 e. The van der Waals surface area contributed by atoms with Crippen LogP contribution in [-0.2, 0) is 16.0 Å². The molecule has 186 valence electrons. The van der Waals surface area contributed by atoms with Crippen LogP contribution < -0.4 is 16.0 Å². The maximum absolute atomic E-state index is 12.8. The molecule has 0 spiro atoms. The van der Waals surface area contributed by atoms with Crippen molar-refractivity contribution in [3.05, 3.63) is 46.4 Å². The van der Waals surface area contributed by atoms with Gasteiger partial charge < -0.3 is 16.0 Å². The van der Waals surface area contributed by atoms with Crippen LogP contribution in [0.1, 0.15) is 61.8 Å². The fourth-order valence-electron chi connectivity index (χ4n) is 3.44. The number of rotatable bonds is 12. The molecule has 3 amide bonds. The van der Waals surface area contributed by atoms with Crippen molar-refractivity contribution < 1.29 is 14.4 Å². The number of benzene rings is 1. The zero-order chi connectivity index (χ0) is 25.2. The first-order chi connectivity index (χ1) is 16.8. The van der Waals surface area contributed by atoms with Crippen molar-refractivity contribution >= 4 is 51.8 Å². The van der Waals surface area contributed by atoms with Crippen molar-refractivity contribution in [3.63, 3.8) is 0 Å². The van der Waals surface area contributed by atoms with Gasteiger partial charge in [0.2, 0.25) is 11.8 Å². The Kier molecular flexibility index (Phi) is 9.92. The molecule has 0 saturated heterocycles. The lowest BCUT2D eigenvalue weighted by molar-refractivity contribution is -0.116. The van der Waals surface area contributed by atoms with E-state index < -0.39 is 0 Å². The molecule has 3 aromatic rings. The fourth-order valence-corrected chi connectivity index (χ4v) is 5.39. The fraction of sp³-hybridized carbons (Fsp3) is 0.400. The van der Waals surface area contributed by atoms with Crippen LogP contribution in [0.2, 0.25) is 0 Å². The summed E-state index contributed by atoms with van der Waals surface area (Å²) in [6.45, 7) is 6.20. The first kappa shape index (κ1) is 26.5. The standard InChI is InChI=1S/C25H31N5O3S2/c1-16(2)15-20-22(30-25(35-20)24-27-13-14-34-24)23(33)26-12-8-4-5-11-21(32)29-19-10-7-6-9-18(19)28-17(3)31/h6-7,9-10,13-14,16H,4-5,8,11-12,15H2,1-3H3,(H,26,33)(H,28,31)(H,29,32). The van der Waals surface area contributed by atoms with E-state index >= 15 is 0 Å². The van der Waals surface area contributed by atoms with Crippen LogP contribution in [0.5, 0.6) is 0 Å². The molecule has 8 nitrogen and oxygen atoms in total. The Labute approximate surface area is 213 Å². The Morgan fingerprint density at radius 2 is 1.74 bits per heavy atom. The Hall–Kier alpha value is -3.11. The van der Waals surface area contributed by atoms with Crippen LogP contribution in [0.25, 0.3) is 10.0 Å². The summed E-state index contributed by atoms with van der Waals surface area (Å²) in [4.78, 5) is 46.3. The maximum atomic E-state index is 12.8. The lowest BCUT2D eigenvalue weighted by atomic mass is 10.1. The predicted molar refractivity (Wildman–Crippen MR) is 142 cm³/mol. The van der Waals surface area contributed by atoms with E-state index in [0.29, 0.717) is 42.4 Å². The third kappa shape index (κ3) is 8.25. The molecule has 0 atom stereocenters. The number of anilines is 2. The van der Waals surface area contributed by atoms with Crippen molar-refractivity contribution in [1.29, 1.82) is 0 Å². The quantitative estimate of drug-likeness (QED) is 0.283. The van der Waals surface area contributed by atoms with Crippen LogP contribution >= 0.6 is 22.7 Å². The number of hydrogen-bond donors (Lipinski definition) is 3. The summed E-state index contributed by atoms with van der Waals surface area (Å²) in [6.07, 6.45) is 5.18. The molecule has 0 radical (unpaired) electrons. The number of para-hydroxylation sites is 2. The Bertz CT molecular complexity index is 1140. The molecule has 0 aliphatic rings. The first-order valence-corrected chi connectivity index (χ1v) is 13.4. The van der Waals surface area contributed by atoms with Crippen molar-refractivity contribution in [2.45, 2.75) is 52.9 Å². The molecule has 0 saturated carbocycles. The van der Waals surface area contributed by atoms with Crippen LogP contribution in [0.15, 0.2) is 35.8 Å². The molecule has 3 N–H and O–H groups in total. The number of hydrogen-bond acceptors (Lipinski definition) is 7. The predicted octanol–water partition coefficient (Wildman–Crippen LogP) is 5.35. The Balaban J connectivity index is 1.42. The monoisotopic (exact) mass is 513 g/mol. The van der Waals surface area contributed by atoms with Gasteiger partial charge in [0.1, 0.15) is 5.69 Å². The van der Waals surface area contributed by atoms with Crippen molar-refractivity contribution in [3.8, 4) is 10.0 Å². The summed E-state index contributed by atoms with van der Waals surface area (Å²) in [6, 6.07) is 7.10. The second-order valence-electron chi connectivity index (χ2n) is 8.57. The van der Waals surface area contributed by atoms with E-state index in [4.69, 9.17) is 0 Å². The van der Waals surface area contributed by atoms with Gasteiger partial charge in [-0.05, 0) is 37.3 Å². The van der Waals surface area contributed by atoms with Crippen LogP contribution in [0, 0.1) is 5.92 Å². The van der Waals surface area contributed by atoms with Gasteiger partial charge in [0.15, 0.2) is 10.0 Å². The summed E-state index contributed by atoms with van der Waals surface area (Å²) in [5.74, 6) is -0.0426. The van der Waals surface area contributed by atoms with Crippen molar-refractivity contribution in [1.82, 2.24) is 15.3 Å². The number of unbranched alkanes of at least 4 members (excludes halogenated alkanes) is 2. The average Bonchev–Trinajstić information content (AvgIpc) is 3.47. The zero-order valence-electron chi connectivity index (χ0n) is 20.2. The van der Waals surface area contributed by atoms with Gasteiger partial charge in [-0.25, -0.2) is 9.97 Å². The molecular weight excluding hydrogens is 482 g/mol. The Morgan fingerprint density at radius 1 is 1.00 bits per heavy atom. The van der Waals surface area contributed by atoms with E-state index in [1.165, 1.54) is 29.6 Å². The topological polar surface area (TPSA) is 113 Å². The van der Waals surface area contributed by atoms with E-state index in [2.05, 4.69) is 39.8 Å². The highest BCUT2D eigenvalue weighted by Crippen LogP contribution is 2.31. The van der Waals surface area contributed by atoms with Crippen molar-refractivity contribution in [2.75, 3.05) is 17.2 Å². The molecule has 0 bridgehead atoms. The van der Waals surface area contributed by atoms with E-state index in [-0.39, 0.29) is 17.7 Å². The van der Waals surface area contributed by atoms with Gasteiger partial charge in [0.05, 0.1) is 11.4 Å². The van der Waals surface area contributed by atoms with E-state index in [1.54, 1.807) is 30.5 Å². The molecule has 1 aromatic carbocycles. The highest BCUT2D eigenvalue weighted by Gasteiger charge is 2.20. The number of aromatic nitrogens is 2. The van der Waals surface area contributed by atoms with Crippen LogP contribution in [0.3, 0.4) is 0 Å². The number of thiazole rings is 2. The number of nitrogens with zero attached hydrogens (tertiary/aromatic N) is 2. The highest BCUT2D eigenvalue weighted by molar-refractivity contribution is 7.20. The molecule has 0 aliphatic heterocycles. The minimum atomic E-state index is -0.192. The second kappa shape index (κ2) is 13.1. The smallest absolute Gasteiger partial charge is 0.271 e. The number of carbonyl (C=O) groups is 3.